The molecule has 0 radical (unpaired) electrons. The fourth-order valence-corrected chi connectivity index (χ4v) is 1.80. The molecule has 0 saturated carbocycles. The maximum atomic E-state index is 5.83. The molecular formula is C10H16N4O. The topological polar surface area (TPSA) is 64.3 Å². The summed E-state index contributed by atoms with van der Waals surface area (Å²) in [4.78, 5) is 10.5. The van der Waals surface area contributed by atoms with Crippen molar-refractivity contribution in [3.63, 3.8) is 0 Å². The zero-order valence-electron chi connectivity index (χ0n) is 8.94. The monoisotopic (exact) mass is 208 g/mol. The van der Waals surface area contributed by atoms with Gasteiger partial charge in [-0.2, -0.15) is 0 Å². The smallest absolute Gasteiger partial charge is 0.137 e. The van der Waals surface area contributed by atoms with Crippen LogP contribution in [-0.4, -0.2) is 36.3 Å². The summed E-state index contributed by atoms with van der Waals surface area (Å²) in [5.74, 6) is 1.56. The molecule has 2 heterocycles. The van der Waals surface area contributed by atoms with E-state index >= 15 is 0 Å². The molecule has 0 aromatic carbocycles. The molecule has 0 amide bonds. The standard InChI is InChI=1S/C10H16N4O/c1-2-8-9(11)12-7-13-10(8)14-3-5-15-6-4-14/h7H,2-6H2,1H3,(H2,11,12,13). The molecule has 2 N–H and O–H groups in total. The van der Waals surface area contributed by atoms with Crippen LogP contribution >= 0.6 is 0 Å². The highest BCUT2D eigenvalue weighted by Crippen LogP contribution is 2.22. The summed E-state index contributed by atoms with van der Waals surface area (Å²) in [6.07, 6.45) is 2.39. The average Bonchev–Trinajstić information content (AvgIpc) is 2.30. The van der Waals surface area contributed by atoms with Crippen molar-refractivity contribution in [2.24, 2.45) is 0 Å². The quantitative estimate of drug-likeness (QED) is 0.764. The highest BCUT2D eigenvalue weighted by Gasteiger charge is 2.17. The van der Waals surface area contributed by atoms with Gasteiger partial charge in [-0.1, -0.05) is 6.92 Å². The predicted molar refractivity (Wildman–Crippen MR) is 58.9 cm³/mol. The third kappa shape index (κ3) is 2.02. The molecule has 1 fully saturated rings. The van der Waals surface area contributed by atoms with E-state index in [0.717, 1.165) is 44.1 Å². The third-order valence-electron chi connectivity index (χ3n) is 2.62. The van der Waals surface area contributed by atoms with Gasteiger partial charge < -0.3 is 15.4 Å². The largest absolute Gasteiger partial charge is 0.383 e. The highest BCUT2D eigenvalue weighted by atomic mass is 16.5. The molecule has 1 saturated heterocycles. The SMILES string of the molecule is CCc1c(N)ncnc1N1CCOCC1. The first-order chi connectivity index (χ1) is 7.33. The maximum absolute atomic E-state index is 5.83. The molecule has 1 aliphatic heterocycles. The number of nitrogens with two attached hydrogens (primary N) is 1. The van der Waals surface area contributed by atoms with Crippen molar-refractivity contribution in [3.05, 3.63) is 11.9 Å². The minimum Gasteiger partial charge on any atom is -0.383 e. The van der Waals surface area contributed by atoms with Gasteiger partial charge in [0.2, 0.25) is 0 Å². The Morgan fingerprint density at radius 1 is 1.40 bits per heavy atom. The molecule has 15 heavy (non-hydrogen) atoms. The van der Waals surface area contributed by atoms with Gasteiger partial charge in [-0.15, -0.1) is 0 Å². The van der Waals surface area contributed by atoms with Crippen LogP contribution in [0.1, 0.15) is 12.5 Å². The second-order valence-corrected chi connectivity index (χ2v) is 3.51. The second-order valence-electron chi connectivity index (χ2n) is 3.51. The van der Waals surface area contributed by atoms with Crippen LogP contribution in [0.5, 0.6) is 0 Å². The zero-order chi connectivity index (χ0) is 10.7. The van der Waals surface area contributed by atoms with Crippen LogP contribution in [0.4, 0.5) is 11.6 Å². The number of rotatable bonds is 2. The summed E-state index contributed by atoms with van der Waals surface area (Å²) in [6, 6.07) is 0. The molecule has 1 aliphatic rings. The summed E-state index contributed by atoms with van der Waals surface area (Å²) in [7, 11) is 0. The summed E-state index contributed by atoms with van der Waals surface area (Å²) in [5.41, 5.74) is 6.87. The molecule has 0 atom stereocenters. The number of ether oxygens (including phenoxy) is 1. The predicted octanol–water partition coefficient (Wildman–Crippen LogP) is 0.458. The highest BCUT2D eigenvalue weighted by molar-refractivity contribution is 5.56. The molecule has 0 aliphatic carbocycles. The Hall–Kier alpha value is -1.36. The van der Waals surface area contributed by atoms with Crippen molar-refractivity contribution in [3.8, 4) is 0 Å². The Balaban J connectivity index is 2.29. The van der Waals surface area contributed by atoms with Gasteiger partial charge in [0.25, 0.3) is 0 Å². The van der Waals surface area contributed by atoms with E-state index in [1.54, 1.807) is 0 Å². The molecule has 0 unspecified atom stereocenters. The van der Waals surface area contributed by atoms with Crippen molar-refractivity contribution in [1.82, 2.24) is 9.97 Å². The van der Waals surface area contributed by atoms with Crippen LogP contribution < -0.4 is 10.6 Å². The van der Waals surface area contributed by atoms with E-state index in [2.05, 4.69) is 21.8 Å². The van der Waals surface area contributed by atoms with Gasteiger partial charge in [0.1, 0.15) is 18.0 Å². The first kappa shape index (κ1) is 10.2. The van der Waals surface area contributed by atoms with Crippen molar-refractivity contribution in [2.45, 2.75) is 13.3 Å². The van der Waals surface area contributed by atoms with Crippen molar-refractivity contribution < 1.29 is 4.74 Å². The second kappa shape index (κ2) is 4.44. The van der Waals surface area contributed by atoms with E-state index in [4.69, 9.17) is 10.5 Å². The van der Waals surface area contributed by atoms with Crippen molar-refractivity contribution in [1.29, 1.82) is 0 Å². The minimum absolute atomic E-state index is 0.592. The van der Waals surface area contributed by atoms with Crippen LogP contribution in [0.3, 0.4) is 0 Å². The molecule has 82 valence electrons. The summed E-state index contributed by atoms with van der Waals surface area (Å²) in [6.45, 7) is 5.34. The molecule has 0 bridgehead atoms. The molecular weight excluding hydrogens is 192 g/mol. The van der Waals surface area contributed by atoms with Crippen LogP contribution in [-0.2, 0) is 11.2 Å². The lowest BCUT2D eigenvalue weighted by Crippen LogP contribution is -2.37. The molecule has 5 nitrogen and oxygen atoms in total. The summed E-state index contributed by atoms with van der Waals surface area (Å²) >= 11 is 0. The Morgan fingerprint density at radius 3 is 2.80 bits per heavy atom. The molecule has 1 aromatic heterocycles. The van der Waals surface area contributed by atoms with Gasteiger partial charge in [0.15, 0.2) is 0 Å². The fourth-order valence-electron chi connectivity index (χ4n) is 1.80. The van der Waals surface area contributed by atoms with Crippen LogP contribution in [0, 0.1) is 0 Å². The van der Waals surface area contributed by atoms with E-state index in [-0.39, 0.29) is 0 Å². The van der Waals surface area contributed by atoms with E-state index in [0.29, 0.717) is 5.82 Å². The van der Waals surface area contributed by atoms with Crippen molar-refractivity contribution in [2.75, 3.05) is 36.9 Å². The molecule has 5 heteroatoms. The number of morpholine rings is 1. The number of nitrogens with zero attached hydrogens (tertiary/aromatic N) is 3. The van der Waals surface area contributed by atoms with Gasteiger partial charge in [-0.05, 0) is 6.42 Å². The number of nitrogen functional groups attached to an aromatic ring is 1. The maximum Gasteiger partial charge on any atom is 0.137 e. The van der Waals surface area contributed by atoms with E-state index < -0.39 is 0 Å². The van der Waals surface area contributed by atoms with Gasteiger partial charge in [0, 0.05) is 18.7 Å². The first-order valence-electron chi connectivity index (χ1n) is 5.25. The van der Waals surface area contributed by atoms with Gasteiger partial charge in [-0.25, -0.2) is 9.97 Å². The summed E-state index contributed by atoms with van der Waals surface area (Å²) in [5, 5.41) is 0. The Labute approximate surface area is 89.3 Å². The first-order valence-corrected chi connectivity index (χ1v) is 5.25. The molecule has 2 rings (SSSR count). The number of hydrogen-bond donors (Lipinski definition) is 1. The van der Waals surface area contributed by atoms with Crippen LogP contribution in [0.15, 0.2) is 6.33 Å². The Bertz CT molecular complexity index is 336. The Morgan fingerprint density at radius 2 is 2.13 bits per heavy atom. The van der Waals surface area contributed by atoms with Crippen molar-refractivity contribution >= 4 is 11.6 Å². The minimum atomic E-state index is 0.592. The fraction of sp³-hybridized carbons (Fsp3) is 0.600. The number of anilines is 2. The lowest BCUT2D eigenvalue weighted by atomic mass is 10.2. The van der Waals surface area contributed by atoms with E-state index in [9.17, 15) is 0 Å². The van der Waals surface area contributed by atoms with E-state index in [1.165, 1.54) is 6.33 Å². The zero-order valence-corrected chi connectivity index (χ0v) is 8.94. The average molecular weight is 208 g/mol. The lowest BCUT2D eigenvalue weighted by molar-refractivity contribution is 0.122. The normalized spacial score (nSPS) is 16.7. The van der Waals surface area contributed by atoms with Crippen LogP contribution in [0.2, 0.25) is 0 Å². The molecule has 1 aromatic rings. The number of aromatic nitrogens is 2. The lowest BCUT2D eigenvalue weighted by Gasteiger charge is -2.29. The van der Waals surface area contributed by atoms with Gasteiger partial charge in [-0.3, -0.25) is 0 Å². The van der Waals surface area contributed by atoms with Gasteiger partial charge >= 0.3 is 0 Å². The van der Waals surface area contributed by atoms with E-state index in [1.807, 2.05) is 0 Å². The Kier molecular flexibility index (Phi) is 3.01. The summed E-state index contributed by atoms with van der Waals surface area (Å²) < 4.78 is 5.31. The number of hydrogen-bond acceptors (Lipinski definition) is 5. The third-order valence-corrected chi connectivity index (χ3v) is 2.62. The van der Waals surface area contributed by atoms with Gasteiger partial charge in [0.05, 0.1) is 13.2 Å². The molecule has 0 spiro atoms. The van der Waals surface area contributed by atoms with Crippen LogP contribution in [0.25, 0.3) is 0 Å².